The average Bonchev–Trinajstić information content (AvgIpc) is 3.55. The van der Waals surface area contributed by atoms with Crippen molar-refractivity contribution in [2.45, 2.75) is 143 Å². The lowest BCUT2D eigenvalue weighted by Crippen LogP contribution is -2.63. The highest BCUT2D eigenvalue weighted by Gasteiger charge is 2.55. The number of ketones is 1. The van der Waals surface area contributed by atoms with Crippen LogP contribution in [0.25, 0.3) is 0 Å². The largest absolute Gasteiger partial charge is 0.489 e. The first-order chi connectivity index (χ1) is 38.1. The molecule has 2 aliphatic rings. The summed E-state index contributed by atoms with van der Waals surface area (Å²) >= 11 is 0. The van der Waals surface area contributed by atoms with Gasteiger partial charge in [-0.25, -0.2) is 0 Å². The van der Waals surface area contributed by atoms with Crippen LogP contribution in [0.3, 0.4) is 0 Å². The second-order valence-electron chi connectivity index (χ2n) is 18.3. The van der Waals surface area contributed by atoms with Crippen molar-refractivity contribution < 1.29 is 109 Å². The Kier molecular flexibility index (Phi) is 21.9. The zero-order valence-electron chi connectivity index (χ0n) is 45.1. The molecule has 0 radical (unpaired) electrons. The van der Waals surface area contributed by atoms with E-state index in [4.69, 9.17) is 66.3 Å². The third-order valence-corrected chi connectivity index (χ3v) is 11.8. The first-order valence-electron chi connectivity index (χ1n) is 25.2. The molecule has 0 aliphatic carbocycles. The molecule has 0 aromatic heterocycles. The number of Topliss-reactive ketones (excluding diaryl/α,β-unsaturated/α-hetero) is 1. The van der Waals surface area contributed by atoms with Crippen molar-refractivity contribution >= 4 is 53.5 Å². The second kappa shape index (κ2) is 28.9. The minimum atomic E-state index is -1.74. The lowest BCUT2D eigenvalue weighted by atomic mass is 9.97. The first-order valence-corrected chi connectivity index (χ1v) is 25.2. The molecule has 10 atom stereocenters. The number of aryl methyl sites for hydroxylation is 1. The minimum absolute atomic E-state index is 0.0166. The summed E-state index contributed by atoms with van der Waals surface area (Å²) in [7, 11) is 0. The zero-order valence-corrected chi connectivity index (χ0v) is 45.1. The molecule has 0 saturated carbocycles. The van der Waals surface area contributed by atoms with Gasteiger partial charge in [-0.2, -0.15) is 0 Å². The summed E-state index contributed by atoms with van der Waals surface area (Å²) in [5.41, 5.74) is 1.91. The Morgan fingerprint density at radius 1 is 0.412 bits per heavy atom. The van der Waals surface area contributed by atoms with Crippen LogP contribution in [0, 0.1) is 0 Å². The summed E-state index contributed by atoms with van der Waals surface area (Å²) < 4.78 is 81.8. The van der Waals surface area contributed by atoms with E-state index in [2.05, 4.69) is 0 Å². The maximum absolute atomic E-state index is 14.8. The predicted octanol–water partition coefficient (Wildman–Crippen LogP) is 5.58. The van der Waals surface area contributed by atoms with E-state index in [9.17, 15) is 43.2 Å². The van der Waals surface area contributed by atoms with Crippen LogP contribution in [-0.4, -0.2) is 128 Å². The van der Waals surface area contributed by atoms with Crippen molar-refractivity contribution in [2.75, 3.05) is 13.2 Å². The Balaban J connectivity index is 1.40. The van der Waals surface area contributed by atoms with Gasteiger partial charge < -0.3 is 66.3 Å². The van der Waals surface area contributed by atoms with Crippen LogP contribution >= 0.6 is 0 Å². The van der Waals surface area contributed by atoms with Gasteiger partial charge in [0.05, 0.1) is 5.56 Å². The average molecular weight is 1120 g/mol. The topological polar surface area (TPSA) is 283 Å². The van der Waals surface area contributed by atoms with Gasteiger partial charge in [-0.1, -0.05) is 66.7 Å². The first kappa shape index (κ1) is 60.7. The van der Waals surface area contributed by atoms with E-state index in [0.717, 1.165) is 66.5 Å². The standard InChI is InChI=1S/C57H62O23/c1-31(58)67-29-48-50(71-33(3)60)52(73-35(5)62)54(75-37(7)64)56(79-48)77-46-25-42(69-27-39-15-11-9-12-16-39)21-19-41(46)20-24-45(66)44-23-22-43(70-28-40-17-13-10-14-18-40)26-47(44)78-57-55(76-38(8)65)53(74-36(6)63)51(72-34(4)61)49(80-57)30-68-32(2)59/h9-19,21-23,25-26,48-57H,20,24,27-30H2,1-8H3/t48-,49-,50-,51-,52+,53+,54-,55-,56?,57?/m1/s1. The van der Waals surface area contributed by atoms with E-state index in [1.807, 2.05) is 60.7 Å². The van der Waals surface area contributed by atoms with E-state index in [1.165, 1.54) is 24.3 Å². The molecule has 23 heteroatoms. The lowest BCUT2D eigenvalue weighted by Gasteiger charge is -2.44. The number of benzene rings is 4. The number of ether oxygens (including phenoxy) is 14. The molecule has 2 heterocycles. The van der Waals surface area contributed by atoms with Gasteiger partial charge >= 0.3 is 47.8 Å². The van der Waals surface area contributed by atoms with Crippen molar-refractivity contribution in [2.24, 2.45) is 0 Å². The Morgan fingerprint density at radius 3 is 1.20 bits per heavy atom. The molecule has 2 saturated heterocycles. The smallest absolute Gasteiger partial charge is 0.303 e. The highest BCUT2D eigenvalue weighted by atomic mass is 16.7. The van der Waals surface area contributed by atoms with Crippen LogP contribution in [0.2, 0.25) is 0 Å². The fourth-order valence-corrected chi connectivity index (χ4v) is 8.54. The summed E-state index contributed by atoms with van der Waals surface area (Å²) in [4.78, 5) is 114. The van der Waals surface area contributed by atoms with Crippen LogP contribution in [0.15, 0.2) is 97.1 Å². The molecular formula is C57H62O23. The Bertz CT molecular complexity index is 2830. The lowest BCUT2D eigenvalue weighted by molar-refractivity contribution is -0.288. The van der Waals surface area contributed by atoms with Crippen molar-refractivity contribution in [3.05, 3.63) is 119 Å². The molecule has 23 nitrogen and oxygen atoms in total. The molecule has 0 amide bonds. The van der Waals surface area contributed by atoms with Crippen LogP contribution in [-0.2, 0) is 105 Å². The van der Waals surface area contributed by atoms with Crippen LogP contribution in [0.1, 0.15) is 88.9 Å². The third-order valence-electron chi connectivity index (χ3n) is 11.8. The van der Waals surface area contributed by atoms with Gasteiger partial charge in [-0.05, 0) is 41.3 Å². The zero-order chi connectivity index (χ0) is 58.0. The van der Waals surface area contributed by atoms with Gasteiger partial charge in [0.2, 0.25) is 24.8 Å². The van der Waals surface area contributed by atoms with Gasteiger partial charge in [0, 0.05) is 73.9 Å². The highest BCUT2D eigenvalue weighted by Crippen LogP contribution is 2.37. The van der Waals surface area contributed by atoms with E-state index in [-0.39, 0.29) is 54.6 Å². The predicted molar refractivity (Wildman–Crippen MR) is 272 cm³/mol. The molecule has 4 aromatic rings. The number of carbonyl (C=O) groups excluding carboxylic acids is 9. The number of esters is 8. The van der Waals surface area contributed by atoms with E-state index in [1.54, 1.807) is 12.1 Å². The van der Waals surface area contributed by atoms with Gasteiger partial charge in [0.25, 0.3) is 0 Å². The molecule has 0 bridgehead atoms. The summed E-state index contributed by atoms with van der Waals surface area (Å²) in [6.07, 6.45) is -16.0. The fraction of sp³-hybridized carbons (Fsp3) is 0.421. The molecular weight excluding hydrogens is 1050 g/mol. The van der Waals surface area contributed by atoms with Crippen molar-refractivity contribution in [1.82, 2.24) is 0 Å². The Morgan fingerprint density at radius 2 is 0.787 bits per heavy atom. The second-order valence-corrected chi connectivity index (χ2v) is 18.3. The van der Waals surface area contributed by atoms with E-state index >= 15 is 0 Å². The number of hydrogen-bond acceptors (Lipinski definition) is 23. The van der Waals surface area contributed by atoms with Gasteiger partial charge in [-0.3, -0.25) is 43.2 Å². The SMILES string of the molecule is CC(=O)OC[C@H]1OC(Oc2cc(OCc3ccccc3)ccc2CCC(=O)c2ccc(OCc3ccccc3)cc2OC2O[C@H](COC(C)=O)[C@@H](OC(C)=O)[C@H](OC(C)=O)[C@H]2OC(C)=O)[C@H](OC(C)=O)[C@@H](OC(C)=O)[C@@H]1OC(C)=O. The van der Waals surface area contributed by atoms with Crippen LogP contribution in [0.4, 0.5) is 0 Å². The molecule has 428 valence electrons. The quantitative estimate of drug-likeness (QED) is 0.0470. The molecule has 2 unspecified atom stereocenters. The monoisotopic (exact) mass is 1110 g/mol. The molecule has 80 heavy (non-hydrogen) atoms. The van der Waals surface area contributed by atoms with Crippen molar-refractivity contribution in [3.63, 3.8) is 0 Å². The molecule has 2 aliphatic heterocycles. The third kappa shape index (κ3) is 18.0. The molecule has 4 aromatic carbocycles. The van der Waals surface area contributed by atoms with Gasteiger partial charge in [0.15, 0.2) is 30.2 Å². The number of rotatable bonds is 24. The minimum Gasteiger partial charge on any atom is -0.489 e. The summed E-state index contributed by atoms with van der Waals surface area (Å²) in [6.45, 7) is 7.84. The van der Waals surface area contributed by atoms with E-state index in [0.29, 0.717) is 5.56 Å². The Labute approximate surface area is 460 Å². The summed E-state index contributed by atoms with van der Waals surface area (Å²) in [5.74, 6) is -6.88. The number of hydrogen-bond donors (Lipinski definition) is 0. The molecule has 6 rings (SSSR count). The molecule has 0 N–H and O–H groups in total. The van der Waals surface area contributed by atoms with Crippen molar-refractivity contribution in [3.8, 4) is 23.0 Å². The normalized spacial score (nSPS) is 22.1. The van der Waals surface area contributed by atoms with Crippen molar-refractivity contribution in [1.29, 1.82) is 0 Å². The van der Waals surface area contributed by atoms with E-state index < -0.39 is 128 Å². The molecule has 0 spiro atoms. The molecule has 2 fully saturated rings. The maximum Gasteiger partial charge on any atom is 0.303 e. The summed E-state index contributed by atoms with van der Waals surface area (Å²) in [5, 5.41) is 0. The Hall–Kier alpha value is -8.57. The van der Waals surface area contributed by atoms with Crippen LogP contribution in [0.5, 0.6) is 23.0 Å². The highest BCUT2D eigenvalue weighted by molar-refractivity contribution is 5.99. The van der Waals surface area contributed by atoms with Gasteiger partial charge in [-0.15, -0.1) is 0 Å². The van der Waals surface area contributed by atoms with Gasteiger partial charge in [0.1, 0.15) is 61.6 Å². The number of carbonyl (C=O) groups is 9. The maximum atomic E-state index is 14.8. The summed E-state index contributed by atoms with van der Waals surface area (Å²) in [6, 6.07) is 27.5. The fourth-order valence-electron chi connectivity index (χ4n) is 8.54. The van der Waals surface area contributed by atoms with Crippen LogP contribution < -0.4 is 18.9 Å².